The van der Waals surface area contributed by atoms with Crippen molar-refractivity contribution < 1.29 is 10.0 Å². The molecule has 2 heterocycles. The minimum absolute atomic E-state index is 0.527. The average molecular weight is 402 g/mol. The lowest BCUT2D eigenvalue weighted by atomic mass is 9.97. The molecule has 0 saturated heterocycles. The zero-order valence-corrected chi connectivity index (χ0v) is 17.1. The van der Waals surface area contributed by atoms with E-state index in [0.717, 1.165) is 43.7 Å². The minimum atomic E-state index is -0.527. The fraction of sp³-hybridized carbons (Fsp3) is 0.250. The Kier molecular flexibility index (Phi) is 6.07. The number of hydrogen-bond donors (Lipinski definition) is 2. The van der Waals surface area contributed by atoms with Crippen LogP contribution in [0.3, 0.4) is 0 Å². The summed E-state index contributed by atoms with van der Waals surface area (Å²) in [6.07, 6.45) is 7.01. The molecular weight excluding hydrogens is 376 g/mol. The predicted molar refractivity (Wildman–Crippen MR) is 116 cm³/mol. The number of fused-ring (bicyclic) bond motifs is 1. The van der Waals surface area contributed by atoms with Crippen LogP contribution in [0.5, 0.6) is 0 Å². The summed E-state index contributed by atoms with van der Waals surface area (Å²) in [5.74, 6) is -0.527. The fourth-order valence-corrected chi connectivity index (χ4v) is 3.94. The van der Waals surface area contributed by atoms with E-state index >= 15 is 0 Å². The number of carbonyl (C=O) groups excluding carboxylic acids is 1. The molecular formula is C24H26N4O2. The molecule has 0 bridgehead atoms. The summed E-state index contributed by atoms with van der Waals surface area (Å²) < 4.78 is 2.00. The average Bonchev–Trinajstić information content (AvgIpc) is 3.16. The highest BCUT2D eigenvalue weighted by molar-refractivity contribution is 5.90. The molecule has 0 unspecified atom stereocenters. The first-order valence-electron chi connectivity index (χ1n) is 10.2. The molecule has 4 rings (SSSR count). The second kappa shape index (κ2) is 9.07. The zero-order valence-electron chi connectivity index (χ0n) is 17.1. The van der Waals surface area contributed by atoms with Crippen LogP contribution in [0.1, 0.15) is 27.9 Å². The van der Waals surface area contributed by atoms with Crippen LogP contribution in [0, 0.1) is 6.92 Å². The number of para-hydroxylation sites is 1. The Morgan fingerprint density at radius 1 is 1.20 bits per heavy atom. The van der Waals surface area contributed by atoms with Crippen molar-refractivity contribution in [1.82, 2.24) is 20.2 Å². The van der Waals surface area contributed by atoms with Gasteiger partial charge < -0.3 is 0 Å². The van der Waals surface area contributed by atoms with Crippen molar-refractivity contribution in [2.24, 2.45) is 0 Å². The van der Waals surface area contributed by atoms with Crippen molar-refractivity contribution in [2.75, 3.05) is 13.1 Å². The van der Waals surface area contributed by atoms with Gasteiger partial charge in [0.15, 0.2) is 0 Å². The number of hydrogen-bond acceptors (Lipinski definition) is 4. The summed E-state index contributed by atoms with van der Waals surface area (Å²) in [5, 5.41) is 13.2. The molecule has 1 aliphatic rings. The minimum Gasteiger partial charge on any atom is -0.298 e. The van der Waals surface area contributed by atoms with E-state index in [9.17, 15) is 4.79 Å². The van der Waals surface area contributed by atoms with Gasteiger partial charge in [0.25, 0.3) is 5.91 Å². The van der Waals surface area contributed by atoms with Crippen molar-refractivity contribution in [3.05, 3.63) is 88.8 Å². The van der Waals surface area contributed by atoms with E-state index in [1.165, 1.54) is 28.5 Å². The molecule has 30 heavy (non-hydrogen) atoms. The molecule has 1 aromatic heterocycles. The first kappa shape index (κ1) is 20.1. The topological polar surface area (TPSA) is 70.4 Å². The monoisotopic (exact) mass is 402 g/mol. The second-order valence-corrected chi connectivity index (χ2v) is 7.62. The molecule has 0 radical (unpaired) electrons. The number of nitrogens with one attached hydrogen (secondary N) is 1. The molecule has 2 aromatic carbocycles. The van der Waals surface area contributed by atoms with Crippen LogP contribution < -0.4 is 5.48 Å². The van der Waals surface area contributed by atoms with Gasteiger partial charge in [-0.15, -0.1) is 0 Å². The smallest absolute Gasteiger partial charge is 0.267 e. The highest BCUT2D eigenvalue weighted by Gasteiger charge is 2.17. The van der Waals surface area contributed by atoms with Gasteiger partial charge in [-0.25, -0.2) is 10.2 Å². The van der Waals surface area contributed by atoms with Crippen LogP contribution >= 0.6 is 0 Å². The lowest BCUT2D eigenvalue weighted by molar-refractivity contribution is -0.124. The van der Waals surface area contributed by atoms with Crippen LogP contribution in [-0.2, 0) is 24.2 Å². The third-order valence-electron chi connectivity index (χ3n) is 5.67. The summed E-state index contributed by atoms with van der Waals surface area (Å²) in [5.41, 5.74) is 8.78. The molecule has 6 nitrogen and oxygen atoms in total. The van der Waals surface area contributed by atoms with Gasteiger partial charge in [-0.2, -0.15) is 5.10 Å². The summed E-state index contributed by atoms with van der Waals surface area (Å²) in [6, 6.07) is 16.5. The molecule has 2 N–H and O–H groups in total. The Bertz CT molecular complexity index is 1060. The highest BCUT2D eigenvalue weighted by atomic mass is 16.5. The van der Waals surface area contributed by atoms with E-state index in [1.54, 1.807) is 11.6 Å². The molecule has 6 heteroatoms. The maximum atomic E-state index is 11.2. The number of nitrogens with zero attached hydrogens (tertiary/aromatic N) is 3. The Morgan fingerprint density at radius 2 is 2.03 bits per heavy atom. The van der Waals surface area contributed by atoms with Crippen LogP contribution in [0.4, 0.5) is 0 Å². The summed E-state index contributed by atoms with van der Waals surface area (Å²) >= 11 is 0. The third kappa shape index (κ3) is 4.50. The first-order valence-corrected chi connectivity index (χ1v) is 10.2. The molecule has 0 atom stereocenters. The van der Waals surface area contributed by atoms with E-state index in [0.29, 0.717) is 0 Å². The normalized spacial score (nSPS) is 14.1. The van der Waals surface area contributed by atoms with Gasteiger partial charge in [-0.05, 0) is 60.2 Å². The van der Waals surface area contributed by atoms with Gasteiger partial charge in [0.2, 0.25) is 0 Å². The Morgan fingerprint density at radius 3 is 2.83 bits per heavy atom. The van der Waals surface area contributed by atoms with Gasteiger partial charge in [-0.1, -0.05) is 36.4 Å². The Hall–Kier alpha value is -3.22. The largest absolute Gasteiger partial charge is 0.298 e. The second-order valence-electron chi connectivity index (χ2n) is 7.62. The maximum Gasteiger partial charge on any atom is 0.267 e. The van der Waals surface area contributed by atoms with E-state index in [1.807, 2.05) is 35.1 Å². The molecule has 0 aliphatic carbocycles. The zero-order chi connectivity index (χ0) is 20.9. The van der Waals surface area contributed by atoms with E-state index in [-0.39, 0.29) is 0 Å². The van der Waals surface area contributed by atoms with Crippen LogP contribution in [0.25, 0.3) is 11.8 Å². The van der Waals surface area contributed by atoms with Crippen molar-refractivity contribution in [2.45, 2.75) is 26.3 Å². The molecule has 1 amide bonds. The van der Waals surface area contributed by atoms with Crippen molar-refractivity contribution >= 4 is 12.0 Å². The molecule has 3 aromatic rings. The van der Waals surface area contributed by atoms with Crippen LogP contribution in [0.15, 0.2) is 60.8 Å². The molecule has 0 saturated carbocycles. The number of benzene rings is 2. The quantitative estimate of drug-likeness (QED) is 0.377. The highest BCUT2D eigenvalue weighted by Crippen LogP contribution is 2.22. The van der Waals surface area contributed by atoms with Gasteiger partial charge in [0.05, 0.1) is 11.9 Å². The molecule has 0 spiro atoms. The summed E-state index contributed by atoms with van der Waals surface area (Å²) in [4.78, 5) is 13.7. The first-order chi connectivity index (χ1) is 14.6. The SMILES string of the molecule is Cc1c(CCN2CCc3ccc(/C=C/C(=O)NO)cc3C2)cnn1-c1ccccc1. The van der Waals surface area contributed by atoms with Crippen LogP contribution in [-0.4, -0.2) is 38.9 Å². The Labute approximate surface area is 176 Å². The fourth-order valence-electron chi connectivity index (χ4n) is 3.94. The summed E-state index contributed by atoms with van der Waals surface area (Å²) in [7, 11) is 0. The van der Waals surface area contributed by atoms with Gasteiger partial charge >= 0.3 is 0 Å². The Balaban J connectivity index is 1.40. The number of hydroxylamine groups is 1. The maximum absolute atomic E-state index is 11.2. The van der Waals surface area contributed by atoms with E-state index in [4.69, 9.17) is 5.21 Å². The standard InChI is InChI=1S/C24H26N4O2/c1-18-21(16-25-28(18)23-5-3-2-4-6-23)12-14-27-13-11-20-9-7-19(15-22(20)17-27)8-10-24(29)26-30/h2-10,15-16,30H,11-14,17H2,1H3,(H,26,29)/b10-8+. The van der Waals surface area contributed by atoms with E-state index < -0.39 is 5.91 Å². The lowest BCUT2D eigenvalue weighted by Gasteiger charge is -2.29. The predicted octanol–water partition coefficient (Wildman–Crippen LogP) is 3.30. The van der Waals surface area contributed by atoms with Gasteiger partial charge in [0.1, 0.15) is 0 Å². The van der Waals surface area contributed by atoms with Crippen LogP contribution in [0.2, 0.25) is 0 Å². The van der Waals surface area contributed by atoms with Gasteiger partial charge in [0, 0.05) is 31.4 Å². The van der Waals surface area contributed by atoms with Gasteiger partial charge in [-0.3, -0.25) is 14.9 Å². The molecule has 154 valence electrons. The van der Waals surface area contributed by atoms with Crippen molar-refractivity contribution in [3.63, 3.8) is 0 Å². The molecule has 1 aliphatic heterocycles. The van der Waals surface area contributed by atoms with E-state index in [2.05, 4.69) is 41.2 Å². The van der Waals surface area contributed by atoms with Crippen molar-refractivity contribution in [1.29, 1.82) is 0 Å². The third-order valence-corrected chi connectivity index (χ3v) is 5.67. The lowest BCUT2D eigenvalue weighted by Crippen LogP contribution is -2.32. The number of carbonyl (C=O) groups is 1. The number of amides is 1. The summed E-state index contributed by atoms with van der Waals surface area (Å²) in [6.45, 7) is 5.05. The number of aromatic nitrogens is 2. The number of rotatable bonds is 6. The molecule has 0 fully saturated rings. The van der Waals surface area contributed by atoms with Crippen molar-refractivity contribution in [3.8, 4) is 5.69 Å².